The largest absolute Gasteiger partial charge is 0.466 e. The van der Waals surface area contributed by atoms with Crippen LogP contribution in [0.15, 0.2) is 36.4 Å². The number of halogens is 2. The van der Waals surface area contributed by atoms with Crippen LogP contribution in [0.4, 0.5) is 14.5 Å². The summed E-state index contributed by atoms with van der Waals surface area (Å²) in [5.41, 5.74) is 1.59. The van der Waals surface area contributed by atoms with Gasteiger partial charge < -0.3 is 14.8 Å². The standard InChI is InChI=1S/C25H30F2N2O4/c1-5-32-21(30)12-17-13-25(14-17,19-9-7-6-8-18(19)15(2)3)23(31)29-20-11-10-16(4)28-22(20)33-24(26)27/h6-11,15,17,24H,5,12-14H2,1-4H3,(H,29,31). The maximum atomic E-state index is 13.7. The number of aryl methyl sites for hydroxylation is 1. The molecule has 0 spiro atoms. The summed E-state index contributed by atoms with van der Waals surface area (Å²) in [6.07, 6.45) is 1.13. The van der Waals surface area contributed by atoms with E-state index in [0.717, 1.165) is 11.1 Å². The molecule has 178 valence electrons. The Morgan fingerprint density at radius 2 is 1.88 bits per heavy atom. The average Bonchev–Trinajstić information content (AvgIpc) is 2.72. The SMILES string of the molecule is CCOC(=O)CC1CC(C(=O)Nc2ccc(C)nc2OC(F)F)(c2ccccc2C(C)C)C1. The van der Waals surface area contributed by atoms with Crippen LogP contribution in [0.2, 0.25) is 0 Å². The number of esters is 1. The van der Waals surface area contributed by atoms with E-state index in [1.54, 1.807) is 19.9 Å². The van der Waals surface area contributed by atoms with Crippen molar-refractivity contribution >= 4 is 17.6 Å². The molecule has 0 unspecified atom stereocenters. The Kier molecular flexibility index (Phi) is 7.66. The molecule has 1 aliphatic rings. The van der Waals surface area contributed by atoms with Crippen molar-refractivity contribution in [3.05, 3.63) is 53.2 Å². The molecule has 2 aromatic rings. The molecule has 1 heterocycles. The van der Waals surface area contributed by atoms with Gasteiger partial charge in [-0.25, -0.2) is 4.98 Å². The van der Waals surface area contributed by atoms with E-state index >= 15 is 0 Å². The van der Waals surface area contributed by atoms with E-state index in [9.17, 15) is 18.4 Å². The van der Waals surface area contributed by atoms with Gasteiger partial charge in [0.1, 0.15) is 5.69 Å². The van der Waals surface area contributed by atoms with Gasteiger partial charge in [0.15, 0.2) is 0 Å². The van der Waals surface area contributed by atoms with Crippen molar-refractivity contribution in [2.75, 3.05) is 11.9 Å². The zero-order valence-electron chi connectivity index (χ0n) is 19.4. The monoisotopic (exact) mass is 460 g/mol. The number of anilines is 1. The highest BCUT2D eigenvalue weighted by Crippen LogP contribution is 2.52. The van der Waals surface area contributed by atoms with Gasteiger partial charge in [0.2, 0.25) is 11.8 Å². The molecule has 0 saturated heterocycles. The molecule has 0 bridgehead atoms. The lowest BCUT2D eigenvalue weighted by Crippen LogP contribution is -2.51. The van der Waals surface area contributed by atoms with Crippen molar-refractivity contribution in [2.45, 2.75) is 64.9 Å². The van der Waals surface area contributed by atoms with E-state index in [1.807, 2.05) is 24.3 Å². The molecule has 0 radical (unpaired) electrons. The average molecular weight is 461 g/mol. The normalized spacial score (nSPS) is 19.8. The fourth-order valence-corrected chi connectivity index (χ4v) is 4.53. The quantitative estimate of drug-likeness (QED) is 0.510. The highest BCUT2D eigenvalue weighted by atomic mass is 19.3. The molecule has 0 aliphatic heterocycles. The van der Waals surface area contributed by atoms with Crippen molar-refractivity contribution < 1.29 is 27.8 Å². The Balaban J connectivity index is 1.94. The van der Waals surface area contributed by atoms with Gasteiger partial charge in [0.25, 0.3) is 0 Å². The van der Waals surface area contributed by atoms with Gasteiger partial charge in [-0.2, -0.15) is 8.78 Å². The Morgan fingerprint density at radius 3 is 2.52 bits per heavy atom. The van der Waals surface area contributed by atoms with Crippen LogP contribution in [-0.4, -0.2) is 30.1 Å². The molecule has 1 aromatic heterocycles. The van der Waals surface area contributed by atoms with Gasteiger partial charge in [-0.15, -0.1) is 0 Å². The zero-order valence-corrected chi connectivity index (χ0v) is 19.4. The van der Waals surface area contributed by atoms with Crippen LogP contribution < -0.4 is 10.1 Å². The van der Waals surface area contributed by atoms with Gasteiger partial charge in [0.05, 0.1) is 12.0 Å². The van der Waals surface area contributed by atoms with E-state index in [0.29, 0.717) is 25.1 Å². The Labute approximate surface area is 192 Å². The molecular weight excluding hydrogens is 430 g/mol. The number of nitrogens with zero attached hydrogens (tertiary/aromatic N) is 1. The second-order valence-electron chi connectivity index (χ2n) is 8.75. The third-order valence-electron chi connectivity index (χ3n) is 6.02. The second kappa shape index (κ2) is 10.3. The van der Waals surface area contributed by atoms with Gasteiger partial charge in [0, 0.05) is 12.1 Å². The van der Waals surface area contributed by atoms with Crippen LogP contribution in [0.5, 0.6) is 5.88 Å². The Bertz CT molecular complexity index is 1000. The molecular formula is C25H30F2N2O4. The van der Waals surface area contributed by atoms with Gasteiger partial charge in [-0.1, -0.05) is 38.1 Å². The van der Waals surface area contributed by atoms with E-state index < -0.39 is 12.0 Å². The number of hydrogen-bond donors (Lipinski definition) is 1. The number of hydrogen-bond acceptors (Lipinski definition) is 5. The lowest BCUT2D eigenvalue weighted by Gasteiger charge is -2.47. The first-order valence-electron chi connectivity index (χ1n) is 11.1. The van der Waals surface area contributed by atoms with Gasteiger partial charge in [-0.3, -0.25) is 9.59 Å². The molecule has 6 nitrogen and oxygen atoms in total. The lowest BCUT2D eigenvalue weighted by atomic mass is 9.56. The number of alkyl halides is 2. The molecule has 1 aliphatic carbocycles. The number of pyridine rings is 1. The maximum Gasteiger partial charge on any atom is 0.388 e. The lowest BCUT2D eigenvalue weighted by molar-refractivity contribution is -0.146. The fourth-order valence-electron chi connectivity index (χ4n) is 4.53. The predicted molar refractivity (Wildman–Crippen MR) is 120 cm³/mol. The number of aromatic nitrogens is 1. The zero-order chi connectivity index (χ0) is 24.2. The van der Waals surface area contributed by atoms with Crippen molar-refractivity contribution in [3.63, 3.8) is 0 Å². The second-order valence-corrected chi connectivity index (χ2v) is 8.75. The molecule has 0 atom stereocenters. The van der Waals surface area contributed by atoms with E-state index in [-0.39, 0.29) is 41.7 Å². The molecule has 1 fully saturated rings. The summed E-state index contributed by atoms with van der Waals surface area (Å²) in [6, 6.07) is 10.9. The predicted octanol–water partition coefficient (Wildman–Crippen LogP) is 5.35. The Hall–Kier alpha value is -3.03. The van der Waals surface area contributed by atoms with E-state index in [1.165, 1.54) is 6.07 Å². The number of carbonyl (C=O) groups excluding carboxylic acids is 2. The van der Waals surface area contributed by atoms with Crippen LogP contribution in [0, 0.1) is 12.8 Å². The highest BCUT2D eigenvalue weighted by molar-refractivity contribution is 6.01. The molecule has 33 heavy (non-hydrogen) atoms. The van der Waals surface area contributed by atoms with Crippen LogP contribution in [-0.2, 0) is 19.7 Å². The number of nitrogens with one attached hydrogen (secondary N) is 1. The molecule has 3 rings (SSSR count). The van der Waals surface area contributed by atoms with Crippen LogP contribution in [0.1, 0.15) is 62.8 Å². The first-order chi connectivity index (χ1) is 15.7. The van der Waals surface area contributed by atoms with E-state index in [4.69, 9.17) is 4.74 Å². The number of rotatable bonds is 9. The summed E-state index contributed by atoms with van der Waals surface area (Å²) in [6.45, 7) is 4.75. The third kappa shape index (κ3) is 5.49. The summed E-state index contributed by atoms with van der Waals surface area (Å²) in [7, 11) is 0. The van der Waals surface area contributed by atoms with Crippen LogP contribution in [0.25, 0.3) is 0 Å². The fraction of sp³-hybridized carbons (Fsp3) is 0.480. The van der Waals surface area contributed by atoms with Gasteiger partial charge >= 0.3 is 12.6 Å². The molecule has 8 heteroatoms. The summed E-state index contributed by atoms with van der Waals surface area (Å²) < 4.78 is 35.4. The smallest absolute Gasteiger partial charge is 0.388 e. The topological polar surface area (TPSA) is 77.5 Å². The summed E-state index contributed by atoms with van der Waals surface area (Å²) in [5, 5.41) is 2.77. The number of ether oxygens (including phenoxy) is 2. The van der Waals surface area contributed by atoms with Crippen molar-refractivity contribution in [3.8, 4) is 5.88 Å². The van der Waals surface area contributed by atoms with Crippen molar-refractivity contribution in [2.24, 2.45) is 5.92 Å². The number of carbonyl (C=O) groups is 2. The van der Waals surface area contributed by atoms with Crippen molar-refractivity contribution in [1.82, 2.24) is 4.98 Å². The maximum absolute atomic E-state index is 13.7. The molecule has 1 N–H and O–H groups in total. The molecule has 1 saturated carbocycles. The minimum Gasteiger partial charge on any atom is -0.466 e. The van der Waals surface area contributed by atoms with Crippen LogP contribution in [0.3, 0.4) is 0 Å². The summed E-state index contributed by atoms with van der Waals surface area (Å²) in [4.78, 5) is 29.7. The summed E-state index contributed by atoms with van der Waals surface area (Å²) >= 11 is 0. The number of amides is 1. The minimum atomic E-state index is -3.07. The minimum absolute atomic E-state index is 0.0112. The molecule has 1 aromatic carbocycles. The van der Waals surface area contributed by atoms with Crippen LogP contribution >= 0.6 is 0 Å². The molecule has 1 amide bonds. The summed E-state index contributed by atoms with van der Waals surface area (Å²) in [5.74, 6) is -0.783. The third-order valence-corrected chi connectivity index (χ3v) is 6.02. The van der Waals surface area contributed by atoms with Gasteiger partial charge in [-0.05, 0) is 61.8 Å². The first kappa shape index (κ1) is 24.6. The highest BCUT2D eigenvalue weighted by Gasteiger charge is 2.52. The van der Waals surface area contributed by atoms with Crippen molar-refractivity contribution in [1.29, 1.82) is 0 Å². The first-order valence-corrected chi connectivity index (χ1v) is 11.1. The Morgan fingerprint density at radius 1 is 1.18 bits per heavy atom. The van der Waals surface area contributed by atoms with E-state index in [2.05, 4.69) is 28.9 Å². The number of benzene rings is 1.